The molecule has 0 unspecified atom stereocenters. The fraction of sp³-hybridized carbons (Fsp3) is 0.333. The Kier molecular flexibility index (Phi) is 5.91. The number of carbonyl (C=O) groups is 2. The molecular formula is C21H26N6O3. The van der Waals surface area contributed by atoms with Crippen LogP contribution in [0.3, 0.4) is 0 Å². The molecule has 0 fully saturated rings. The zero-order chi connectivity index (χ0) is 21.9. The van der Waals surface area contributed by atoms with E-state index in [4.69, 9.17) is 10.5 Å². The van der Waals surface area contributed by atoms with Gasteiger partial charge in [0.15, 0.2) is 0 Å². The van der Waals surface area contributed by atoms with Crippen LogP contribution in [0.15, 0.2) is 42.6 Å². The number of ether oxygens (including phenoxy) is 1. The Bertz CT molecular complexity index is 1060. The molecule has 0 aliphatic carbocycles. The number of benzene rings is 1. The lowest BCUT2D eigenvalue weighted by atomic mass is 9.97. The van der Waals surface area contributed by atoms with Crippen molar-refractivity contribution in [3.8, 4) is 5.88 Å². The summed E-state index contributed by atoms with van der Waals surface area (Å²) in [4.78, 5) is 27.9. The van der Waals surface area contributed by atoms with Crippen LogP contribution >= 0.6 is 0 Å². The van der Waals surface area contributed by atoms with E-state index in [9.17, 15) is 9.59 Å². The third kappa shape index (κ3) is 5.25. The van der Waals surface area contributed by atoms with Crippen LogP contribution in [0.4, 0.5) is 15.4 Å². The third-order valence-corrected chi connectivity index (χ3v) is 4.31. The summed E-state index contributed by atoms with van der Waals surface area (Å²) < 4.78 is 6.73. The van der Waals surface area contributed by atoms with Crippen molar-refractivity contribution in [2.75, 3.05) is 5.32 Å². The van der Waals surface area contributed by atoms with Crippen molar-refractivity contribution in [1.29, 1.82) is 0 Å². The molecule has 9 nitrogen and oxygen atoms in total. The topological polar surface area (TPSA) is 124 Å². The summed E-state index contributed by atoms with van der Waals surface area (Å²) in [6.07, 6.45) is 0.546. The van der Waals surface area contributed by atoms with Gasteiger partial charge in [0.1, 0.15) is 5.82 Å². The maximum Gasteiger partial charge on any atom is 0.411 e. The molecule has 9 heteroatoms. The molecule has 1 aromatic carbocycles. The fourth-order valence-electron chi connectivity index (χ4n) is 3.02. The molecular weight excluding hydrogens is 384 g/mol. The first-order valence-electron chi connectivity index (χ1n) is 9.59. The number of amides is 3. The molecule has 0 aliphatic heterocycles. The molecule has 2 heterocycles. The highest BCUT2D eigenvalue weighted by molar-refractivity contribution is 5.92. The van der Waals surface area contributed by atoms with Crippen LogP contribution in [0, 0.1) is 5.41 Å². The largest absolute Gasteiger partial charge is 0.411 e. The number of nitrogens with zero attached hydrogens (tertiary/aromatic N) is 3. The molecule has 0 radical (unpaired) electrons. The van der Waals surface area contributed by atoms with E-state index < -0.39 is 6.09 Å². The average molecular weight is 410 g/mol. The van der Waals surface area contributed by atoms with Crippen molar-refractivity contribution in [1.82, 2.24) is 20.1 Å². The minimum absolute atomic E-state index is 0.0811. The van der Waals surface area contributed by atoms with Crippen molar-refractivity contribution < 1.29 is 14.3 Å². The third-order valence-electron chi connectivity index (χ3n) is 4.31. The molecule has 0 aliphatic rings. The van der Waals surface area contributed by atoms with E-state index in [-0.39, 0.29) is 23.4 Å². The number of aromatic nitrogens is 3. The van der Waals surface area contributed by atoms with E-state index >= 15 is 0 Å². The number of fused-ring (bicyclic) bond motifs is 1. The molecule has 3 aromatic rings. The molecule has 158 valence electrons. The Balaban J connectivity index is 1.83. The van der Waals surface area contributed by atoms with E-state index in [0.717, 1.165) is 5.56 Å². The number of nitrogens with one attached hydrogen (secondary N) is 2. The number of carbonyl (C=O) groups excluding carboxylic acids is 2. The van der Waals surface area contributed by atoms with Crippen LogP contribution in [-0.2, 0) is 6.54 Å². The lowest BCUT2D eigenvalue weighted by Gasteiger charge is -2.18. The van der Waals surface area contributed by atoms with Gasteiger partial charge < -0.3 is 15.8 Å². The molecule has 3 rings (SSSR count). The zero-order valence-corrected chi connectivity index (χ0v) is 17.5. The molecule has 4 N–H and O–H groups in total. The maximum atomic E-state index is 12.4. The number of hydrogen-bond donors (Lipinski definition) is 3. The van der Waals surface area contributed by atoms with E-state index in [1.807, 2.05) is 37.3 Å². The van der Waals surface area contributed by atoms with Crippen molar-refractivity contribution in [3.63, 3.8) is 0 Å². The van der Waals surface area contributed by atoms with Gasteiger partial charge in [0.2, 0.25) is 0 Å². The first-order chi connectivity index (χ1) is 14.1. The van der Waals surface area contributed by atoms with Crippen LogP contribution in [0.1, 0.15) is 39.3 Å². The van der Waals surface area contributed by atoms with Gasteiger partial charge in [-0.05, 0) is 17.9 Å². The zero-order valence-electron chi connectivity index (χ0n) is 17.5. The molecule has 2 aromatic heterocycles. The van der Waals surface area contributed by atoms with Gasteiger partial charge in [-0.2, -0.15) is 0 Å². The number of rotatable bonds is 5. The standard InChI is InChI=1S/C21H26N6O3/c1-13(14-8-6-5-7-9-14)24-20(29)25-17-10-16-15(11-23-17)18(30-19(22)28)26-27(16)12-21(2,3)4/h5-11,13H,12H2,1-4H3,(H2,22,28)(H2,23,24,25,29)/t13-/m1/s1. The summed E-state index contributed by atoms with van der Waals surface area (Å²) in [7, 11) is 0. The van der Waals surface area contributed by atoms with Gasteiger partial charge in [-0.25, -0.2) is 14.6 Å². The van der Waals surface area contributed by atoms with Crippen LogP contribution in [0.2, 0.25) is 0 Å². The number of hydrogen-bond acceptors (Lipinski definition) is 5. The SMILES string of the molecule is C[C@@H](NC(=O)Nc1cc2c(cn1)c(OC(N)=O)nn2CC(C)(C)C)c1ccccc1. The minimum atomic E-state index is -0.950. The lowest BCUT2D eigenvalue weighted by Crippen LogP contribution is -2.31. The summed E-state index contributed by atoms with van der Waals surface area (Å²) in [6.45, 7) is 8.65. The molecule has 0 spiro atoms. The van der Waals surface area contributed by atoms with Gasteiger partial charge in [-0.1, -0.05) is 51.1 Å². The van der Waals surface area contributed by atoms with Crippen LogP contribution in [-0.4, -0.2) is 26.9 Å². The smallest absolute Gasteiger partial charge is 0.389 e. The van der Waals surface area contributed by atoms with Crippen LogP contribution < -0.4 is 21.1 Å². The van der Waals surface area contributed by atoms with Crippen molar-refractivity contribution >= 4 is 28.8 Å². The summed E-state index contributed by atoms with van der Waals surface area (Å²) >= 11 is 0. The first-order valence-corrected chi connectivity index (χ1v) is 9.59. The second kappa shape index (κ2) is 8.40. The van der Waals surface area contributed by atoms with E-state index in [1.54, 1.807) is 10.7 Å². The van der Waals surface area contributed by atoms with E-state index in [1.165, 1.54) is 6.20 Å². The Labute approximate surface area is 174 Å². The first kappa shape index (κ1) is 21.1. The van der Waals surface area contributed by atoms with E-state index in [0.29, 0.717) is 23.3 Å². The molecule has 0 bridgehead atoms. The van der Waals surface area contributed by atoms with Gasteiger partial charge in [0.25, 0.3) is 5.88 Å². The summed E-state index contributed by atoms with van der Waals surface area (Å²) in [5.74, 6) is 0.434. The minimum Gasteiger partial charge on any atom is -0.389 e. The molecule has 3 amide bonds. The number of anilines is 1. The normalized spacial score (nSPS) is 12.4. The highest BCUT2D eigenvalue weighted by Crippen LogP contribution is 2.29. The Morgan fingerprint density at radius 3 is 2.57 bits per heavy atom. The van der Waals surface area contributed by atoms with Gasteiger partial charge >= 0.3 is 12.1 Å². The van der Waals surface area contributed by atoms with Crippen LogP contribution in [0.5, 0.6) is 5.88 Å². The predicted molar refractivity (Wildman–Crippen MR) is 114 cm³/mol. The number of pyridine rings is 1. The second-order valence-corrected chi connectivity index (χ2v) is 8.26. The Morgan fingerprint density at radius 1 is 1.23 bits per heavy atom. The van der Waals surface area contributed by atoms with Crippen molar-refractivity contribution in [2.45, 2.75) is 40.3 Å². The predicted octanol–water partition coefficient (Wildman–Crippen LogP) is 3.82. The molecule has 0 saturated heterocycles. The van der Waals surface area contributed by atoms with Crippen molar-refractivity contribution in [2.24, 2.45) is 11.1 Å². The van der Waals surface area contributed by atoms with Gasteiger partial charge in [-0.15, -0.1) is 5.10 Å². The number of primary amides is 1. The summed E-state index contributed by atoms with van der Waals surface area (Å²) in [5.41, 5.74) is 6.73. The summed E-state index contributed by atoms with van der Waals surface area (Å²) in [5, 5.41) is 10.5. The maximum absolute atomic E-state index is 12.4. The highest BCUT2D eigenvalue weighted by atomic mass is 16.6. The highest BCUT2D eigenvalue weighted by Gasteiger charge is 2.20. The number of nitrogens with two attached hydrogens (primary N) is 1. The van der Waals surface area contributed by atoms with Gasteiger partial charge in [0, 0.05) is 18.8 Å². The quantitative estimate of drug-likeness (QED) is 0.590. The number of urea groups is 1. The molecule has 1 atom stereocenters. The fourth-order valence-corrected chi connectivity index (χ4v) is 3.02. The summed E-state index contributed by atoms with van der Waals surface area (Å²) in [6, 6.07) is 10.8. The average Bonchev–Trinajstić information content (AvgIpc) is 2.96. The Hall–Kier alpha value is -3.62. The molecule has 0 saturated carbocycles. The van der Waals surface area contributed by atoms with Crippen molar-refractivity contribution in [3.05, 3.63) is 48.2 Å². The van der Waals surface area contributed by atoms with Gasteiger partial charge in [0.05, 0.1) is 16.9 Å². The Morgan fingerprint density at radius 2 is 1.93 bits per heavy atom. The van der Waals surface area contributed by atoms with E-state index in [2.05, 4.69) is 41.5 Å². The second-order valence-electron chi connectivity index (χ2n) is 8.26. The monoisotopic (exact) mass is 410 g/mol. The molecule has 30 heavy (non-hydrogen) atoms. The lowest BCUT2D eigenvalue weighted by molar-refractivity contribution is 0.208. The van der Waals surface area contributed by atoms with Gasteiger partial charge in [-0.3, -0.25) is 10.00 Å². The van der Waals surface area contributed by atoms with Crippen LogP contribution in [0.25, 0.3) is 10.9 Å².